The van der Waals surface area contributed by atoms with Gasteiger partial charge in [-0.3, -0.25) is 0 Å². The minimum atomic E-state index is -0.379. The Bertz CT molecular complexity index is 861. The second kappa shape index (κ2) is 8.06. The van der Waals surface area contributed by atoms with E-state index in [2.05, 4.69) is 15.6 Å². The van der Waals surface area contributed by atoms with Crippen molar-refractivity contribution in [3.05, 3.63) is 89.0 Å². The lowest BCUT2D eigenvalue weighted by Crippen LogP contribution is -2.40. The Hall–Kier alpha value is -2.79. The monoisotopic (exact) mass is 368 g/mol. The van der Waals surface area contributed by atoms with E-state index in [9.17, 15) is 4.79 Å². The number of halogens is 1. The maximum absolute atomic E-state index is 12.6. The number of rotatable bonds is 5. The molecule has 0 aliphatic rings. The Labute approximate surface area is 158 Å². The van der Waals surface area contributed by atoms with Crippen molar-refractivity contribution < 1.29 is 4.79 Å². The number of aromatic nitrogens is 2. The molecule has 0 saturated heterocycles. The molecule has 0 fully saturated rings. The number of imidazole rings is 1. The van der Waals surface area contributed by atoms with E-state index in [-0.39, 0.29) is 18.1 Å². The Balaban J connectivity index is 1.78. The third-order valence-electron chi connectivity index (χ3n) is 4.24. The molecule has 0 saturated carbocycles. The van der Waals surface area contributed by atoms with Gasteiger partial charge in [0.15, 0.2) is 0 Å². The lowest BCUT2D eigenvalue weighted by Gasteiger charge is -2.21. The van der Waals surface area contributed by atoms with Crippen LogP contribution in [0.5, 0.6) is 0 Å². The topological polar surface area (TPSA) is 59.0 Å². The van der Waals surface area contributed by atoms with Crippen LogP contribution in [0.15, 0.2) is 67.0 Å². The zero-order chi connectivity index (χ0) is 18.5. The summed E-state index contributed by atoms with van der Waals surface area (Å²) in [7, 11) is 1.90. The van der Waals surface area contributed by atoms with Crippen molar-refractivity contribution >= 4 is 17.6 Å². The molecule has 6 heteroatoms. The summed E-state index contributed by atoms with van der Waals surface area (Å²) in [6, 6.07) is 16.5. The largest absolute Gasteiger partial charge is 0.336 e. The zero-order valence-corrected chi connectivity index (χ0v) is 15.4. The van der Waals surface area contributed by atoms with E-state index in [0.717, 1.165) is 17.0 Å². The highest BCUT2D eigenvalue weighted by atomic mass is 35.5. The molecule has 26 heavy (non-hydrogen) atoms. The van der Waals surface area contributed by atoms with Gasteiger partial charge in [-0.25, -0.2) is 9.78 Å². The number of urea groups is 1. The van der Waals surface area contributed by atoms with Crippen molar-refractivity contribution in [3.8, 4) is 0 Å². The number of benzene rings is 2. The maximum atomic E-state index is 12.6. The molecule has 1 aromatic heterocycles. The number of hydrogen-bond donors (Lipinski definition) is 2. The Kier molecular flexibility index (Phi) is 5.58. The van der Waals surface area contributed by atoms with Crippen LogP contribution in [0.25, 0.3) is 0 Å². The third-order valence-corrected chi connectivity index (χ3v) is 4.49. The van der Waals surface area contributed by atoms with Gasteiger partial charge in [0, 0.05) is 24.5 Å². The fourth-order valence-corrected chi connectivity index (χ4v) is 2.93. The average molecular weight is 369 g/mol. The minimum Gasteiger partial charge on any atom is -0.336 e. The summed E-state index contributed by atoms with van der Waals surface area (Å²) in [6.45, 7) is 1.95. The molecule has 2 atom stereocenters. The molecule has 134 valence electrons. The van der Waals surface area contributed by atoms with Gasteiger partial charge in [-0.2, -0.15) is 0 Å². The number of hydrogen-bond acceptors (Lipinski definition) is 2. The molecule has 0 spiro atoms. The van der Waals surface area contributed by atoms with Crippen LogP contribution < -0.4 is 10.6 Å². The van der Waals surface area contributed by atoms with Crippen molar-refractivity contribution in [2.45, 2.75) is 19.0 Å². The number of nitrogens with one attached hydrogen (secondary N) is 2. The van der Waals surface area contributed by atoms with E-state index in [1.807, 2.05) is 67.2 Å². The molecule has 3 aromatic rings. The fourth-order valence-electron chi connectivity index (χ4n) is 2.80. The summed E-state index contributed by atoms with van der Waals surface area (Å²) in [5.74, 6) is 0.745. The lowest BCUT2D eigenvalue weighted by molar-refractivity contribution is 0.235. The van der Waals surface area contributed by atoms with Crippen molar-refractivity contribution in [2.24, 2.45) is 7.05 Å². The molecule has 5 nitrogen and oxygen atoms in total. The molecule has 1 heterocycles. The van der Waals surface area contributed by atoms with Gasteiger partial charge in [0.05, 0.1) is 6.04 Å². The van der Waals surface area contributed by atoms with E-state index in [1.165, 1.54) is 0 Å². The first kappa shape index (κ1) is 18.0. The van der Waals surface area contributed by atoms with Crippen LogP contribution in [0.4, 0.5) is 4.79 Å². The van der Waals surface area contributed by atoms with E-state index in [4.69, 9.17) is 11.6 Å². The number of aryl methyl sites for hydroxylation is 1. The van der Waals surface area contributed by atoms with Crippen molar-refractivity contribution in [1.82, 2.24) is 20.2 Å². The van der Waals surface area contributed by atoms with E-state index >= 15 is 0 Å². The van der Waals surface area contributed by atoms with E-state index in [0.29, 0.717) is 5.02 Å². The van der Waals surface area contributed by atoms with Gasteiger partial charge in [0.25, 0.3) is 0 Å². The minimum absolute atomic E-state index is 0.108. The molecular weight excluding hydrogens is 348 g/mol. The SMILES string of the molecule is C[C@H](NC(=O)N[C@H](c1ccc(Cl)cc1)c1nccn1C)c1ccccc1. The van der Waals surface area contributed by atoms with Gasteiger partial charge >= 0.3 is 6.03 Å². The Morgan fingerprint density at radius 1 is 1.04 bits per heavy atom. The molecule has 0 radical (unpaired) electrons. The van der Waals surface area contributed by atoms with Crippen molar-refractivity contribution in [2.75, 3.05) is 0 Å². The third kappa shape index (κ3) is 4.24. The standard InChI is InChI=1S/C20H21ClN4O/c1-14(15-6-4-3-5-7-15)23-20(26)24-18(19-22-12-13-25(19)2)16-8-10-17(21)11-9-16/h3-14,18H,1-2H3,(H2,23,24,26)/t14-,18+/m0/s1. The molecule has 2 N–H and O–H groups in total. The van der Waals surface area contributed by atoms with Crippen molar-refractivity contribution in [1.29, 1.82) is 0 Å². The molecule has 0 bridgehead atoms. The predicted octanol–water partition coefficient (Wildman–Crippen LogP) is 4.22. The first-order valence-corrected chi connectivity index (χ1v) is 8.77. The van der Waals surface area contributed by atoms with Crippen LogP contribution >= 0.6 is 11.6 Å². The molecular formula is C20H21ClN4O. The van der Waals surface area contributed by atoms with Gasteiger partial charge in [0.1, 0.15) is 11.9 Å². The molecule has 0 aliphatic carbocycles. The van der Waals surface area contributed by atoms with E-state index in [1.54, 1.807) is 18.3 Å². The average Bonchev–Trinajstić information content (AvgIpc) is 3.07. The smallest absolute Gasteiger partial charge is 0.316 e. The molecule has 0 aliphatic heterocycles. The zero-order valence-electron chi connectivity index (χ0n) is 14.7. The summed E-state index contributed by atoms with van der Waals surface area (Å²) < 4.78 is 1.89. The highest BCUT2D eigenvalue weighted by Gasteiger charge is 2.21. The Morgan fingerprint density at radius 3 is 2.35 bits per heavy atom. The highest BCUT2D eigenvalue weighted by Crippen LogP contribution is 2.22. The van der Waals surface area contributed by atoms with Gasteiger partial charge in [-0.05, 0) is 30.2 Å². The van der Waals surface area contributed by atoms with Crippen LogP contribution in [-0.4, -0.2) is 15.6 Å². The lowest BCUT2D eigenvalue weighted by atomic mass is 10.1. The molecule has 2 amide bonds. The molecule has 0 unspecified atom stereocenters. The fraction of sp³-hybridized carbons (Fsp3) is 0.200. The molecule has 2 aromatic carbocycles. The van der Waals surface area contributed by atoms with Gasteiger partial charge in [0.2, 0.25) is 0 Å². The van der Waals surface area contributed by atoms with E-state index < -0.39 is 0 Å². The molecule has 3 rings (SSSR count). The number of nitrogens with zero attached hydrogens (tertiary/aromatic N) is 2. The van der Waals surface area contributed by atoms with Gasteiger partial charge < -0.3 is 15.2 Å². The summed E-state index contributed by atoms with van der Waals surface area (Å²) in [5, 5.41) is 6.64. The number of carbonyl (C=O) groups is 1. The van der Waals surface area contributed by atoms with Gasteiger partial charge in [-0.1, -0.05) is 54.1 Å². The first-order chi connectivity index (χ1) is 12.5. The normalized spacial score (nSPS) is 13.0. The predicted molar refractivity (Wildman–Crippen MR) is 103 cm³/mol. The van der Waals surface area contributed by atoms with Crippen LogP contribution in [0.2, 0.25) is 5.02 Å². The highest BCUT2D eigenvalue weighted by molar-refractivity contribution is 6.30. The quantitative estimate of drug-likeness (QED) is 0.708. The second-order valence-corrected chi connectivity index (χ2v) is 6.57. The van der Waals surface area contributed by atoms with Crippen LogP contribution in [0, 0.1) is 0 Å². The summed E-state index contributed by atoms with van der Waals surface area (Å²) in [6.07, 6.45) is 3.56. The Morgan fingerprint density at radius 2 is 1.73 bits per heavy atom. The number of carbonyl (C=O) groups excluding carboxylic acids is 1. The first-order valence-electron chi connectivity index (χ1n) is 8.39. The van der Waals surface area contributed by atoms with Crippen LogP contribution in [0.1, 0.15) is 36.0 Å². The van der Waals surface area contributed by atoms with Crippen molar-refractivity contribution in [3.63, 3.8) is 0 Å². The summed E-state index contributed by atoms with van der Waals surface area (Å²) >= 11 is 5.99. The maximum Gasteiger partial charge on any atom is 0.316 e. The van der Waals surface area contributed by atoms with Gasteiger partial charge in [-0.15, -0.1) is 0 Å². The number of amides is 2. The van der Waals surface area contributed by atoms with Crippen LogP contribution in [-0.2, 0) is 7.05 Å². The summed E-state index contributed by atoms with van der Waals surface area (Å²) in [5.41, 5.74) is 1.95. The van der Waals surface area contributed by atoms with Crippen LogP contribution in [0.3, 0.4) is 0 Å². The summed E-state index contributed by atoms with van der Waals surface area (Å²) in [4.78, 5) is 17.0. The second-order valence-electron chi connectivity index (χ2n) is 6.13.